The molecule has 0 aliphatic carbocycles. The lowest BCUT2D eigenvalue weighted by atomic mass is 10.0. The number of amides is 1. The number of sulfonamides is 1. The van der Waals surface area contributed by atoms with Crippen LogP contribution in [0.1, 0.15) is 28.7 Å². The highest BCUT2D eigenvalue weighted by Gasteiger charge is 2.33. The fourth-order valence-corrected chi connectivity index (χ4v) is 6.19. The Morgan fingerprint density at radius 1 is 1.08 bits per heavy atom. The van der Waals surface area contributed by atoms with E-state index < -0.39 is 10.0 Å². The summed E-state index contributed by atoms with van der Waals surface area (Å²) in [5, 5.41) is 9.37. The normalized spacial score (nSPS) is 15.1. The molecule has 0 saturated carbocycles. The van der Waals surface area contributed by atoms with Crippen molar-refractivity contribution in [3.63, 3.8) is 0 Å². The van der Waals surface area contributed by atoms with E-state index in [0.717, 1.165) is 22.2 Å². The molecule has 36 heavy (non-hydrogen) atoms. The van der Waals surface area contributed by atoms with E-state index in [4.69, 9.17) is 4.98 Å². The lowest BCUT2D eigenvalue weighted by molar-refractivity contribution is 0.0700. The van der Waals surface area contributed by atoms with Crippen LogP contribution in [0.3, 0.4) is 0 Å². The zero-order valence-corrected chi connectivity index (χ0v) is 21.7. The number of aromatic nitrogens is 5. The average molecular weight is 508 g/mol. The van der Waals surface area contributed by atoms with Crippen molar-refractivity contribution in [2.24, 2.45) is 7.05 Å². The fourth-order valence-electron chi connectivity index (χ4n) is 4.60. The molecule has 0 radical (unpaired) electrons. The SMILES string of the molecule is CCn1cc(S(=O)(=O)N2CCN(C(=O)c3cc(-c4cnn(C)c4C)nc4ccccc34)CC2)c(C)n1. The van der Waals surface area contributed by atoms with Gasteiger partial charge in [0, 0.05) is 62.6 Å². The standard InChI is InChI=1S/C25H29N7O3S/c1-5-31-16-24(17(2)28-31)36(34,35)32-12-10-30(11-13-32)25(33)20-14-23(21-15-26-29(4)18(21)3)27-22-9-7-6-8-19(20)22/h6-9,14-16H,5,10-13H2,1-4H3. The van der Waals surface area contributed by atoms with Crippen LogP contribution in [0.5, 0.6) is 0 Å². The number of hydrogen-bond donors (Lipinski definition) is 0. The van der Waals surface area contributed by atoms with Crippen LogP contribution in [0.2, 0.25) is 0 Å². The van der Waals surface area contributed by atoms with Crippen molar-refractivity contribution < 1.29 is 13.2 Å². The quantitative estimate of drug-likeness (QED) is 0.411. The van der Waals surface area contributed by atoms with Crippen LogP contribution in [0.25, 0.3) is 22.2 Å². The maximum Gasteiger partial charge on any atom is 0.254 e. The van der Waals surface area contributed by atoms with Gasteiger partial charge in [-0.2, -0.15) is 14.5 Å². The molecule has 1 fully saturated rings. The molecule has 0 atom stereocenters. The van der Waals surface area contributed by atoms with Crippen molar-refractivity contribution in [3.05, 3.63) is 59.7 Å². The molecule has 11 heteroatoms. The van der Waals surface area contributed by atoms with Crippen LogP contribution >= 0.6 is 0 Å². The van der Waals surface area contributed by atoms with Gasteiger partial charge in [0.05, 0.1) is 28.7 Å². The molecule has 4 aromatic rings. The minimum Gasteiger partial charge on any atom is -0.336 e. The highest BCUT2D eigenvalue weighted by Crippen LogP contribution is 2.28. The lowest BCUT2D eigenvalue weighted by Crippen LogP contribution is -2.50. The number of carbonyl (C=O) groups is 1. The molecule has 188 valence electrons. The van der Waals surface area contributed by atoms with Gasteiger partial charge in [-0.3, -0.25) is 14.2 Å². The maximum atomic E-state index is 13.7. The second kappa shape index (κ2) is 9.14. The van der Waals surface area contributed by atoms with Crippen LogP contribution in [0.15, 0.2) is 47.6 Å². The van der Waals surface area contributed by atoms with Crippen LogP contribution in [0.4, 0.5) is 0 Å². The van der Waals surface area contributed by atoms with Gasteiger partial charge < -0.3 is 4.90 Å². The summed E-state index contributed by atoms with van der Waals surface area (Å²) in [6.07, 6.45) is 3.33. The minimum atomic E-state index is -3.68. The number of fused-ring (bicyclic) bond motifs is 1. The van der Waals surface area contributed by atoms with Gasteiger partial charge in [-0.1, -0.05) is 18.2 Å². The third-order valence-electron chi connectivity index (χ3n) is 6.83. The Kier molecular flexibility index (Phi) is 6.13. The molecule has 4 heterocycles. The fraction of sp³-hybridized carbons (Fsp3) is 0.360. The van der Waals surface area contributed by atoms with Crippen molar-refractivity contribution in [1.29, 1.82) is 0 Å². The van der Waals surface area contributed by atoms with Crippen LogP contribution < -0.4 is 0 Å². The first-order valence-electron chi connectivity index (χ1n) is 11.9. The number of benzene rings is 1. The number of aryl methyl sites for hydroxylation is 3. The molecular formula is C25H29N7O3S. The minimum absolute atomic E-state index is 0.136. The largest absolute Gasteiger partial charge is 0.336 e. The molecule has 0 unspecified atom stereocenters. The van der Waals surface area contributed by atoms with E-state index in [1.165, 1.54) is 4.31 Å². The smallest absolute Gasteiger partial charge is 0.254 e. The number of para-hydroxylation sites is 1. The summed E-state index contributed by atoms with van der Waals surface area (Å²) < 4.78 is 31.3. The number of piperazine rings is 1. The Morgan fingerprint density at radius 3 is 2.44 bits per heavy atom. The second-order valence-corrected chi connectivity index (χ2v) is 10.9. The van der Waals surface area contributed by atoms with E-state index >= 15 is 0 Å². The summed E-state index contributed by atoms with van der Waals surface area (Å²) >= 11 is 0. The van der Waals surface area contributed by atoms with Gasteiger partial charge >= 0.3 is 0 Å². The topological polar surface area (TPSA) is 106 Å². The highest BCUT2D eigenvalue weighted by molar-refractivity contribution is 7.89. The van der Waals surface area contributed by atoms with E-state index in [1.54, 1.807) is 33.6 Å². The molecule has 1 amide bonds. The first-order valence-corrected chi connectivity index (χ1v) is 13.4. The first kappa shape index (κ1) is 24.1. The second-order valence-electron chi connectivity index (χ2n) is 8.97. The maximum absolute atomic E-state index is 13.7. The lowest BCUT2D eigenvalue weighted by Gasteiger charge is -2.34. The third kappa shape index (κ3) is 4.07. The molecule has 0 N–H and O–H groups in total. The number of carbonyl (C=O) groups excluding carboxylic acids is 1. The molecule has 10 nitrogen and oxygen atoms in total. The summed E-state index contributed by atoms with van der Waals surface area (Å²) in [7, 11) is -1.81. The number of pyridine rings is 1. The molecule has 1 saturated heterocycles. The van der Waals surface area contributed by atoms with Gasteiger partial charge in [-0.05, 0) is 32.9 Å². The molecule has 1 aromatic carbocycles. The van der Waals surface area contributed by atoms with Crippen molar-refractivity contribution >= 4 is 26.8 Å². The molecule has 0 bridgehead atoms. The van der Waals surface area contributed by atoms with Gasteiger partial charge in [0.2, 0.25) is 10.0 Å². The van der Waals surface area contributed by atoms with E-state index in [0.29, 0.717) is 36.6 Å². The predicted octanol–water partition coefficient (Wildman–Crippen LogP) is 2.62. The summed E-state index contributed by atoms with van der Waals surface area (Å²) in [5.41, 5.74) is 4.28. The molecule has 5 rings (SSSR count). The highest BCUT2D eigenvalue weighted by atomic mass is 32.2. The Bertz CT molecular complexity index is 1560. The first-order chi connectivity index (χ1) is 17.2. The van der Waals surface area contributed by atoms with Crippen molar-refractivity contribution in [2.45, 2.75) is 32.2 Å². The van der Waals surface area contributed by atoms with Crippen molar-refractivity contribution in [1.82, 2.24) is 33.8 Å². The molecule has 1 aliphatic rings. The third-order valence-corrected chi connectivity index (χ3v) is 8.83. The van der Waals surface area contributed by atoms with Crippen LogP contribution in [-0.4, -0.2) is 74.3 Å². The van der Waals surface area contributed by atoms with E-state index in [2.05, 4.69) is 10.2 Å². The van der Waals surface area contributed by atoms with E-state index in [9.17, 15) is 13.2 Å². The predicted molar refractivity (Wildman–Crippen MR) is 136 cm³/mol. The van der Waals surface area contributed by atoms with Crippen LogP contribution in [-0.2, 0) is 23.6 Å². The molecule has 1 aliphatic heterocycles. The van der Waals surface area contributed by atoms with Crippen LogP contribution in [0, 0.1) is 13.8 Å². The summed E-state index contributed by atoms with van der Waals surface area (Å²) in [5.74, 6) is -0.136. The van der Waals surface area contributed by atoms with Gasteiger partial charge in [-0.25, -0.2) is 13.4 Å². The zero-order valence-electron chi connectivity index (χ0n) is 20.8. The number of nitrogens with zero attached hydrogens (tertiary/aromatic N) is 7. The van der Waals surface area contributed by atoms with E-state index in [1.807, 2.05) is 51.2 Å². The van der Waals surface area contributed by atoms with Gasteiger partial charge in [0.25, 0.3) is 5.91 Å². The van der Waals surface area contributed by atoms with Gasteiger partial charge in [-0.15, -0.1) is 0 Å². The Balaban J connectivity index is 1.42. The van der Waals surface area contributed by atoms with Gasteiger partial charge in [0.1, 0.15) is 4.90 Å². The summed E-state index contributed by atoms with van der Waals surface area (Å²) in [4.78, 5) is 20.4. The van der Waals surface area contributed by atoms with E-state index in [-0.39, 0.29) is 23.9 Å². The molecule has 0 spiro atoms. The monoisotopic (exact) mass is 507 g/mol. The Labute approximate surface area is 210 Å². The summed E-state index contributed by atoms with van der Waals surface area (Å²) in [6.45, 7) is 7.23. The number of rotatable bonds is 5. The average Bonchev–Trinajstić information content (AvgIpc) is 3.44. The molecule has 3 aromatic heterocycles. The summed E-state index contributed by atoms with van der Waals surface area (Å²) in [6, 6.07) is 9.39. The Hall–Kier alpha value is -3.57. The van der Waals surface area contributed by atoms with Crippen molar-refractivity contribution in [3.8, 4) is 11.3 Å². The zero-order chi connectivity index (χ0) is 25.6. The molecular weight excluding hydrogens is 478 g/mol. The van der Waals surface area contributed by atoms with Crippen molar-refractivity contribution in [2.75, 3.05) is 26.2 Å². The Morgan fingerprint density at radius 2 is 1.81 bits per heavy atom. The number of hydrogen-bond acceptors (Lipinski definition) is 6. The van der Waals surface area contributed by atoms with Gasteiger partial charge in [0.15, 0.2) is 0 Å².